The van der Waals surface area contributed by atoms with E-state index in [1.54, 1.807) is 11.0 Å². The number of aromatic nitrogens is 5. The highest BCUT2D eigenvalue weighted by molar-refractivity contribution is 7.23. The highest BCUT2D eigenvalue weighted by Crippen LogP contribution is 2.62. The van der Waals surface area contributed by atoms with Crippen LogP contribution in [-0.2, 0) is 0 Å². The minimum atomic E-state index is -0.982. The number of nitriles is 1. The van der Waals surface area contributed by atoms with Crippen LogP contribution in [-0.4, -0.2) is 97.6 Å². The molecular weight excluding hydrogens is 784 g/mol. The van der Waals surface area contributed by atoms with Gasteiger partial charge in [-0.2, -0.15) is 29.3 Å². The van der Waals surface area contributed by atoms with E-state index in [1.807, 2.05) is 6.07 Å². The highest BCUT2D eigenvalue weighted by Gasteiger charge is 2.66. The Bertz CT molecular complexity index is 2560. The van der Waals surface area contributed by atoms with Crippen LogP contribution in [0.1, 0.15) is 57.4 Å². The first kappa shape index (κ1) is 36.5. The number of nitrogen functional groups attached to an aromatic ring is 1. The van der Waals surface area contributed by atoms with E-state index in [0.717, 1.165) is 67.4 Å². The molecule has 0 radical (unpaired) electrons. The number of thiophene rings is 1. The molecule has 12 nitrogen and oxygen atoms in total. The van der Waals surface area contributed by atoms with Crippen molar-refractivity contribution in [3.63, 3.8) is 0 Å². The van der Waals surface area contributed by atoms with Gasteiger partial charge in [0.15, 0.2) is 5.82 Å². The van der Waals surface area contributed by atoms with E-state index < -0.39 is 35.5 Å². The Morgan fingerprint density at radius 1 is 1.14 bits per heavy atom. The van der Waals surface area contributed by atoms with Crippen LogP contribution in [0.3, 0.4) is 0 Å². The number of hydrogen-bond acceptors (Lipinski definition) is 11. The molecule has 296 valence electrons. The van der Waals surface area contributed by atoms with Crippen molar-refractivity contribution < 1.29 is 27.1 Å². The average molecular weight is 821 g/mol. The number of hydrogen-bond donors (Lipinski definition) is 1. The number of carbonyl (C=O) groups is 1. The maximum Gasteiger partial charge on any atom is 0.346 e. The molecule has 3 aromatic heterocycles. The summed E-state index contributed by atoms with van der Waals surface area (Å²) in [6, 6.07) is 5.49. The van der Waals surface area contributed by atoms with Crippen LogP contribution in [0.15, 0.2) is 24.5 Å². The van der Waals surface area contributed by atoms with Crippen LogP contribution in [0.5, 0.6) is 6.01 Å². The van der Waals surface area contributed by atoms with Crippen molar-refractivity contribution in [2.75, 3.05) is 50.0 Å². The average Bonchev–Trinajstić information content (AvgIpc) is 3.51. The van der Waals surface area contributed by atoms with Crippen molar-refractivity contribution in [2.24, 2.45) is 10.8 Å². The topological polar surface area (TPSA) is 142 Å². The Labute approximate surface area is 333 Å². The van der Waals surface area contributed by atoms with Gasteiger partial charge in [-0.05, 0) is 68.2 Å². The number of likely N-dealkylation sites (tertiary alicyclic amines) is 1. The molecule has 10 rings (SSSR count). The van der Waals surface area contributed by atoms with Gasteiger partial charge in [0.2, 0.25) is 0 Å². The van der Waals surface area contributed by atoms with E-state index >= 15 is 8.78 Å². The number of anilines is 2. The molecule has 4 aliphatic heterocycles. The first-order valence-corrected chi connectivity index (χ1v) is 20.3. The largest absolute Gasteiger partial charge is 0.461 e. The lowest BCUT2D eigenvalue weighted by Crippen LogP contribution is -2.73. The van der Waals surface area contributed by atoms with Crippen molar-refractivity contribution >= 4 is 60.8 Å². The molecule has 4 saturated heterocycles. The summed E-state index contributed by atoms with van der Waals surface area (Å²) < 4.78 is 68.3. The van der Waals surface area contributed by atoms with E-state index in [0.29, 0.717) is 43.8 Å². The Kier molecular flexibility index (Phi) is 8.24. The Hall–Kier alpha value is -4.79. The van der Waals surface area contributed by atoms with E-state index in [-0.39, 0.29) is 71.8 Å². The number of amides is 1. The van der Waals surface area contributed by atoms with Gasteiger partial charge in [-0.15, -0.1) is 16.4 Å². The first-order chi connectivity index (χ1) is 27.3. The van der Waals surface area contributed by atoms with E-state index in [2.05, 4.69) is 31.8 Å². The molecule has 5 fully saturated rings. The molecule has 1 spiro atoms. The molecule has 18 heteroatoms. The predicted octanol–water partition coefficient (Wildman–Crippen LogP) is 7.32. The summed E-state index contributed by atoms with van der Waals surface area (Å²) in [4.78, 5) is 32.6. The summed E-state index contributed by atoms with van der Waals surface area (Å²) in [5, 5.41) is 14.2. The van der Waals surface area contributed by atoms with E-state index in [1.165, 1.54) is 12.1 Å². The number of ether oxygens (including phenoxy) is 1. The lowest BCUT2D eigenvalue weighted by molar-refractivity contribution is -0.0851. The van der Waals surface area contributed by atoms with Gasteiger partial charge in [-0.1, -0.05) is 24.6 Å². The zero-order valence-electron chi connectivity index (χ0n) is 30.9. The van der Waals surface area contributed by atoms with Gasteiger partial charge < -0.3 is 20.3 Å². The van der Waals surface area contributed by atoms with Crippen molar-refractivity contribution in [2.45, 2.75) is 69.6 Å². The van der Waals surface area contributed by atoms with Gasteiger partial charge in [0.1, 0.15) is 47.3 Å². The second-order valence-corrected chi connectivity index (χ2v) is 18.2. The number of alkyl halides is 1. The molecule has 5 aromatic rings. The highest BCUT2D eigenvalue weighted by atomic mass is 35.5. The maximum atomic E-state index is 17.4. The minimum absolute atomic E-state index is 0.00362. The fourth-order valence-corrected chi connectivity index (χ4v) is 11.8. The van der Waals surface area contributed by atoms with E-state index in [9.17, 15) is 18.8 Å². The minimum Gasteiger partial charge on any atom is -0.461 e. The molecule has 2 N–H and O–H groups in total. The monoisotopic (exact) mass is 820 g/mol. The fraction of sp³-hybridized carbons (Fsp3) is 0.487. The molecule has 0 unspecified atom stereocenters. The molecule has 7 heterocycles. The van der Waals surface area contributed by atoms with Crippen molar-refractivity contribution in [3.05, 3.63) is 52.8 Å². The van der Waals surface area contributed by atoms with Crippen LogP contribution in [0.25, 0.3) is 32.1 Å². The summed E-state index contributed by atoms with van der Waals surface area (Å²) >= 11 is 7.88. The Balaban J connectivity index is 1.08. The van der Waals surface area contributed by atoms with Gasteiger partial charge >= 0.3 is 18.1 Å². The van der Waals surface area contributed by atoms with Crippen LogP contribution in [0.4, 0.5) is 33.2 Å². The molecule has 2 aromatic carbocycles. The van der Waals surface area contributed by atoms with Crippen molar-refractivity contribution in [3.8, 4) is 23.2 Å². The Morgan fingerprint density at radius 3 is 2.70 bits per heavy atom. The van der Waals surface area contributed by atoms with Crippen molar-refractivity contribution in [1.29, 1.82) is 5.26 Å². The second-order valence-electron chi connectivity index (χ2n) is 16.7. The summed E-state index contributed by atoms with van der Waals surface area (Å²) in [5.74, 6) is -1.02. The zero-order valence-corrected chi connectivity index (χ0v) is 32.4. The lowest BCUT2D eigenvalue weighted by atomic mass is 9.61. The van der Waals surface area contributed by atoms with Crippen molar-refractivity contribution in [1.82, 2.24) is 34.5 Å². The summed E-state index contributed by atoms with van der Waals surface area (Å²) in [6.07, 6.45) is 4.49. The third-order valence-corrected chi connectivity index (χ3v) is 14.5. The third-order valence-electron chi connectivity index (χ3n) is 13.2. The van der Waals surface area contributed by atoms with Gasteiger partial charge in [0, 0.05) is 60.4 Å². The molecule has 5 aliphatic rings. The van der Waals surface area contributed by atoms with Crippen LogP contribution in [0, 0.1) is 39.9 Å². The number of carbonyl (C=O) groups excluding carboxylic acids is 1. The standard InChI is InChI=1S/C39H37ClF4N10O2S/c1-37(8-9-37)33-38(17-53(33)36(55)54-19-47-34(44)50-54)6-2-10-51(16-38)32-22-12-24(40)27(21-4-5-25(42)30-26(21)23(14-45)31(46)57-30)28(43)29(22)48-35(49-32)56-18-39-7-3-11-52(39)15-20(41)13-39/h4-5,12,19-20,33H,2-3,6-11,13,15-18,46H2,1H3/t20-,33-,38-,39+/m1/s1. The quantitative estimate of drug-likeness (QED) is 0.173. The number of fused-ring (bicyclic) bond motifs is 3. The lowest BCUT2D eigenvalue weighted by Gasteiger charge is -2.62. The first-order valence-electron chi connectivity index (χ1n) is 19.1. The number of rotatable bonds is 6. The zero-order chi connectivity index (χ0) is 39.6. The maximum absolute atomic E-state index is 17.4. The summed E-state index contributed by atoms with van der Waals surface area (Å²) in [6.45, 7) is 4.77. The molecule has 57 heavy (non-hydrogen) atoms. The number of benzene rings is 2. The third kappa shape index (κ3) is 5.57. The van der Waals surface area contributed by atoms with Crippen LogP contribution in [0.2, 0.25) is 5.02 Å². The molecular formula is C39H37ClF4N10O2S. The Morgan fingerprint density at radius 2 is 1.95 bits per heavy atom. The number of piperidine rings is 1. The summed E-state index contributed by atoms with van der Waals surface area (Å²) in [7, 11) is 0. The number of nitrogens with two attached hydrogens (primary N) is 1. The van der Waals surface area contributed by atoms with Crippen LogP contribution < -0.4 is 15.4 Å². The summed E-state index contributed by atoms with van der Waals surface area (Å²) in [5.41, 5.74) is 5.12. The smallest absolute Gasteiger partial charge is 0.346 e. The van der Waals surface area contributed by atoms with Gasteiger partial charge in [0.05, 0.1) is 20.8 Å². The predicted molar refractivity (Wildman–Crippen MR) is 205 cm³/mol. The molecule has 4 atom stereocenters. The fourth-order valence-electron chi connectivity index (χ4n) is 10.5. The van der Waals surface area contributed by atoms with Gasteiger partial charge in [0.25, 0.3) is 0 Å². The van der Waals surface area contributed by atoms with Crippen LogP contribution >= 0.6 is 22.9 Å². The number of halogens is 5. The van der Waals surface area contributed by atoms with E-state index in [4.69, 9.17) is 27.1 Å². The molecule has 1 amide bonds. The SMILES string of the molecule is CC1([C@H]2N(C(=O)n3cnc(F)n3)C[C@]23CCCN(c2nc(OC[C@@]45CCCN4C[C@H](F)C5)nc4c(F)c(-c5ccc(F)c6sc(N)c(C#N)c56)c(Cl)cc24)C3)CC1. The molecule has 1 aliphatic carbocycles. The molecule has 1 saturated carbocycles. The van der Waals surface area contributed by atoms with Gasteiger partial charge in [-0.3, -0.25) is 4.90 Å². The number of nitrogens with zero attached hydrogens (tertiary/aromatic N) is 9. The normalized spacial score (nSPS) is 26.6. The second kappa shape index (κ2) is 12.9. The molecule has 0 bridgehead atoms. The van der Waals surface area contributed by atoms with Gasteiger partial charge in [-0.25, -0.2) is 18.0 Å².